The second-order valence-corrected chi connectivity index (χ2v) is 4.81. The molecule has 1 fully saturated rings. The Morgan fingerprint density at radius 3 is 2.93 bits per heavy atom. The number of halogens is 1. The van der Waals surface area contributed by atoms with Crippen molar-refractivity contribution in [1.82, 2.24) is 9.97 Å². The molecule has 0 aliphatic heterocycles. The van der Waals surface area contributed by atoms with Crippen LogP contribution in [-0.2, 0) is 12.8 Å². The minimum atomic E-state index is 0.131. The highest BCUT2D eigenvalue weighted by Gasteiger charge is 2.42. The lowest BCUT2D eigenvalue weighted by molar-refractivity contribution is 0.821. The van der Waals surface area contributed by atoms with Gasteiger partial charge in [-0.25, -0.2) is 9.97 Å². The van der Waals surface area contributed by atoms with E-state index in [2.05, 4.69) is 15.3 Å². The van der Waals surface area contributed by atoms with E-state index in [1.165, 1.54) is 17.7 Å². The molecule has 1 heterocycles. The zero-order chi connectivity index (χ0) is 10.3. The molecule has 1 N–H and O–H groups in total. The third kappa shape index (κ3) is 1.59. The Morgan fingerprint density at radius 2 is 2.20 bits per heavy atom. The van der Waals surface area contributed by atoms with Crippen LogP contribution < -0.4 is 5.32 Å². The first-order chi connectivity index (χ1) is 7.33. The van der Waals surface area contributed by atoms with Crippen LogP contribution in [0.5, 0.6) is 0 Å². The molecule has 3 rings (SSSR count). The predicted molar refractivity (Wildman–Crippen MR) is 60.4 cm³/mol. The average molecular weight is 224 g/mol. The fourth-order valence-electron chi connectivity index (χ4n) is 2.16. The van der Waals surface area contributed by atoms with Gasteiger partial charge in [-0.1, -0.05) is 0 Å². The Kier molecular flexibility index (Phi) is 2.09. The molecule has 1 aromatic heterocycles. The molecule has 4 heteroatoms. The Morgan fingerprint density at radius 1 is 1.33 bits per heavy atom. The van der Waals surface area contributed by atoms with Gasteiger partial charge in [0.05, 0.1) is 5.54 Å². The summed E-state index contributed by atoms with van der Waals surface area (Å²) in [5.74, 6) is 1.70. The van der Waals surface area contributed by atoms with Crippen LogP contribution in [0.3, 0.4) is 0 Å². The van der Waals surface area contributed by atoms with Gasteiger partial charge in [0.1, 0.15) is 12.1 Å². The van der Waals surface area contributed by atoms with Crippen LogP contribution in [0.15, 0.2) is 6.33 Å². The van der Waals surface area contributed by atoms with Gasteiger partial charge in [-0.05, 0) is 32.1 Å². The van der Waals surface area contributed by atoms with Crippen molar-refractivity contribution in [3.63, 3.8) is 0 Å². The number of nitrogens with one attached hydrogen (secondary N) is 1. The van der Waals surface area contributed by atoms with Crippen LogP contribution in [0.1, 0.15) is 30.5 Å². The van der Waals surface area contributed by atoms with Gasteiger partial charge in [0.15, 0.2) is 0 Å². The van der Waals surface area contributed by atoms with Crippen molar-refractivity contribution in [3.8, 4) is 0 Å². The van der Waals surface area contributed by atoms with E-state index < -0.39 is 0 Å². The van der Waals surface area contributed by atoms with Gasteiger partial charge in [0.25, 0.3) is 0 Å². The molecule has 0 amide bonds. The van der Waals surface area contributed by atoms with Gasteiger partial charge in [-0.2, -0.15) is 0 Å². The minimum Gasteiger partial charge on any atom is -0.363 e. The summed E-state index contributed by atoms with van der Waals surface area (Å²) in [6.07, 6.45) is 7.40. The highest BCUT2D eigenvalue weighted by atomic mass is 35.5. The molecular formula is C11H14ClN3. The summed E-state index contributed by atoms with van der Waals surface area (Å²) >= 11 is 5.95. The third-order valence-electron chi connectivity index (χ3n) is 3.37. The van der Waals surface area contributed by atoms with Gasteiger partial charge in [-0.15, -0.1) is 11.6 Å². The van der Waals surface area contributed by atoms with E-state index in [1.54, 1.807) is 6.33 Å². The number of nitrogens with zero attached hydrogens (tertiary/aromatic N) is 2. The Hall–Kier alpha value is -0.830. The van der Waals surface area contributed by atoms with E-state index >= 15 is 0 Å². The quantitative estimate of drug-likeness (QED) is 0.798. The van der Waals surface area contributed by atoms with Crippen LogP contribution in [0.25, 0.3) is 0 Å². The fraction of sp³-hybridized carbons (Fsp3) is 0.636. The van der Waals surface area contributed by atoms with Gasteiger partial charge in [0, 0.05) is 17.1 Å². The van der Waals surface area contributed by atoms with Crippen molar-refractivity contribution < 1.29 is 0 Å². The molecule has 0 saturated heterocycles. The molecule has 0 unspecified atom stereocenters. The minimum absolute atomic E-state index is 0.131. The summed E-state index contributed by atoms with van der Waals surface area (Å²) in [7, 11) is 0. The SMILES string of the molecule is ClCC1(Nc2ncnc3c2CCC3)CC1. The molecule has 0 bridgehead atoms. The number of aromatic nitrogens is 2. The smallest absolute Gasteiger partial charge is 0.133 e. The van der Waals surface area contributed by atoms with Crippen LogP contribution in [0, 0.1) is 0 Å². The number of anilines is 1. The zero-order valence-electron chi connectivity index (χ0n) is 8.59. The van der Waals surface area contributed by atoms with Crippen molar-refractivity contribution in [2.24, 2.45) is 0 Å². The second-order valence-electron chi connectivity index (χ2n) is 4.54. The van der Waals surface area contributed by atoms with Crippen LogP contribution >= 0.6 is 11.6 Å². The Labute approximate surface area is 94.3 Å². The summed E-state index contributed by atoms with van der Waals surface area (Å²) in [6, 6.07) is 0. The molecule has 80 valence electrons. The zero-order valence-corrected chi connectivity index (χ0v) is 9.35. The summed E-state index contributed by atoms with van der Waals surface area (Å²) in [5.41, 5.74) is 2.67. The van der Waals surface area contributed by atoms with Crippen molar-refractivity contribution in [2.45, 2.75) is 37.6 Å². The van der Waals surface area contributed by atoms with Crippen molar-refractivity contribution in [3.05, 3.63) is 17.6 Å². The largest absolute Gasteiger partial charge is 0.363 e. The van der Waals surface area contributed by atoms with Gasteiger partial charge < -0.3 is 5.32 Å². The van der Waals surface area contributed by atoms with Crippen molar-refractivity contribution in [2.75, 3.05) is 11.2 Å². The molecule has 2 aliphatic carbocycles. The van der Waals surface area contributed by atoms with Crippen molar-refractivity contribution in [1.29, 1.82) is 0 Å². The van der Waals surface area contributed by atoms with Gasteiger partial charge in [-0.3, -0.25) is 0 Å². The highest BCUT2D eigenvalue weighted by Crippen LogP contribution is 2.40. The molecule has 3 nitrogen and oxygen atoms in total. The molecule has 1 saturated carbocycles. The van der Waals surface area contributed by atoms with E-state index in [9.17, 15) is 0 Å². The number of hydrogen-bond donors (Lipinski definition) is 1. The monoisotopic (exact) mass is 223 g/mol. The summed E-state index contributed by atoms with van der Waals surface area (Å²) in [5, 5.41) is 3.50. The lowest BCUT2D eigenvalue weighted by Crippen LogP contribution is -2.24. The van der Waals surface area contributed by atoms with E-state index in [4.69, 9.17) is 11.6 Å². The first kappa shape index (κ1) is 9.40. The van der Waals surface area contributed by atoms with Crippen LogP contribution in [-0.4, -0.2) is 21.4 Å². The normalized spacial score (nSPS) is 21.1. The maximum Gasteiger partial charge on any atom is 0.133 e. The lowest BCUT2D eigenvalue weighted by Gasteiger charge is -2.16. The van der Waals surface area contributed by atoms with Gasteiger partial charge >= 0.3 is 0 Å². The molecule has 2 aliphatic rings. The predicted octanol–water partition coefficient (Wildman–Crippen LogP) is 2.15. The first-order valence-corrected chi connectivity index (χ1v) is 6.03. The number of hydrogen-bond acceptors (Lipinski definition) is 3. The Balaban J connectivity index is 1.89. The van der Waals surface area contributed by atoms with Crippen LogP contribution in [0.2, 0.25) is 0 Å². The third-order valence-corrected chi connectivity index (χ3v) is 3.88. The number of fused-ring (bicyclic) bond motifs is 1. The maximum absolute atomic E-state index is 5.95. The van der Waals surface area contributed by atoms with E-state index in [0.717, 1.165) is 31.5 Å². The van der Waals surface area contributed by atoms with E-state index in [1.807, 2.05) is 0 Å². The number of aryl methyl sites for hydroxylation is 1. The summed E-state index contributed by atoms with van der Waals surface area (Å²) in [4.78, 5) is 8.65. The second kappa shape index (κ2) is 3.34. The van der Waals surface area contributed by atoms with E-state index in [0.29, 0.717) is 5.88 Å². The average Bonchev–Trinajstić information content (AvgIpc) is 2.87. The molecule has 0 aromatic carbocycles. The number of rotatable bonds is 3. The van der Waals surface area contributed by atoms with Crippen molar-refractivity contribution >= 4 is 17.4 Å². The standard InChI is InChI=1S/C11H14ClN3/c12-6-11(4-5-11)15-10-8-2-1-3-9(8)13-7-14-10/h7H,1-6H2,(H,13,14,15). The molecule has 1 aromatic rings. The molecule has 0 spiro atoms. The van der Waals surface area contributed by atoms with Crippen LogP contribution in [0.4, 0.5) is 5.82 Å². The maximum atomic E-state index is 5.95. The summed E-state index contributed by atoms with van der Waals surface area (Å²) in [6.45, 7) is 0. The highest BCUT2D eigenvalue weighted by molar-refractivity contribution is 6.19. The molecule has 0 atom stereocenters. The fourth-order valence-corrected chi connectivity index (χ4v) is 2.50. The lowest BCUT2D eigenvalue weighted by atomic mass is 10.2. The summed E-state index contributed by atoms with van der Waals surface area (Å²) < 4.78 is 0. The van der Waals surface area contributed by atoms with Gasteiger partial charge in [0.2, 0.25) is 0 Å². The molecule has 0 radical (unpaired) electrons. The molecular weight excluding hydrogens is 210 g/mol. The first-order valence-electron chi connectivity index (χ1n) is 5.50. The number of alkyl halides is 1. The Bertz CT molecular complexity index is 387. The van der Waals surface area contributed by atoms with E-state index in [-0.39, 0.29) is 5.54 Å². The molecule has 15 heavy (non-hydrogen) atoms. The topological polar surface area (TPSA) is 37.8 Å².